The molecule has 2 unspecified atom stereocenters. The number of hydrogen-bond acceptors (Lipinski definition) is 1. The Morgan fingerprint density at radius 1 is 0.875 bits per heavy atom. The van der Waals surface area contributed by atoms with Crippen molar-refractivity contribution in [2.75, 3.05) is 0 Å². The van der Waals surface area contributed by atoms with Gasteiger partial charge < -0.3 is 5.11 Å². The van der Waals surface area contributed by atoms with Crippen molar-refractivity contribution in [2.24, 2.45) is 5.92 Å². The Morgan fingerprint density at radius 2 is 1.42 bits per heavy atom. The van der Waals surface area contributed by atoms with E-state index in [2.05, 4.69) is 13.8 Å². The first kappa shape index (κ1) is 20.7. The Kier molecular flexibility index (Phi) is 11.3. The summed E-state index contributed by atoms with van der Waals surface area (Å²) < 4.78 is 0. The van der Waals surface area contributed by atoms with Gasteiger partial charge in [0.25, 0.3) is 0 Å². The summed E-state index contributed by atoms with van der Waals surface area (Å²) in [4.78, 5) is 11.4. The van der Waals surface area contributed by atoms with Crippen LogP contribution in [-0.2, 0) is 4.79 Å². The highest BCUT2D eigenvalue weighted by Gasteiger charge is 2.18. The molecule has 0 spiro atoms. The molecule has 0 aromatic heterocycles. The van der Waals surface area contributed by atoms with Gasteiger partial charge in [-0.3, -0.25) is 4.79 Å². The predicted octanol–water partition coefficient (Wildman–Crippen LogP) is 6.80. The first-order chi connectivity index (χ1) is 11.6. The number of carboxylic acids is 1. The third-order valence-electron chi connectivity index (χ3n) is 4.99. The van der Waals surface area contributed by atoms with E-state index in [1.807, 2.05) is 30.3 Å². The number of hydrogen-bond donors (Lipinski definition) is 1. The molecule has 0 amide bonds. The lowest BCUT2D eigenvalue weighted by molar-refractivity contribution is -0.139. The van der Waals surface area contributed by atoms with Crippen LogP contribution in [0.3, 0.4) is 0 Å². The van der Waals surface area contributed by atoms with Crippen LogP contribution in [0.1, 0.15) is 96.0 Å². The van der Waals surface area contributed by atoms with Crippen LogP contribution in [0.15, 0.2) is 30.3 Å². The van der Waals surface area contributed by atoms with E-state index in [-0.39, 0.29) is 5.92 Å². The van der Waals surface area contributed by atoms with Gasteiger partial charge in [0.15, 0.2) is 0 Å². The predicted molar refractivity (Wildman–Crippen MR) is 102 cm³/mol. The zero-order valence-electron chi connectivity index (χ0n) is 15.7. The van der Waals surface area contributed by atoms with Crippen molar-refractivity contribution in [1.82, 2.24) is 0 Å². The Balaban J connectivity index is 2.09. The van der Waals surface area contributed by atoms with Gasteiger partial charge in [-0.05, 0) is 17.9 Å². The molecular formula is C22H36O2. The second kappa shape index (κ2) is 13.0. The van der Waals surface area contributed by atoms with Gasteiger partial charge in [-0.2, -0.15) is 0 Å². The molecule has 2 nitrogen and oxygen atoms in total. The van der Waals surface area contributed by atoms with Gasteiger partial charge >= 0.3 is 5.97 Å². The van der Waals surface area contributed by atoms with Crippen LogP contribution >= 0.6 is 0 Å². The number of carboxylic acid groups (broad SMARTS) is 1. The topological polar surface area (TPSA) is 37.3 Å². The summed E-state index contributed by atoms with van der Waals surface area (Å²) in [7, 11) is 0. The lowest BCUT2D eigenvalue weighted by Crippen LogP contribution is -2.11. The Labute approximate surface area is 148 Å². The van der Waals surface area contributed by atoms with E-state index >= 15 is 0 Å². The highest BCUT2D eigenvalue weighted by Crippen LogP contribution is 2.23. The average Bonchev–Trinajstić information content (AvgIpc) is 2.58. The maximum absolute atomic E-state index is 11.4. The molecule has 0 aliphatic rings. The summed E-state index contributed by atoms with van der Waals surface area (Å²) in [5.74, 6) is -0.169. The molecule has 0 saturated carbocycles. The van der Waals surface area contributed by atoms with Crippen molar-refractivity contribution in [1.29, 1.82) is 0 Å². The highest BCUT2D eigenvalue weighted by atomic mass is 16.4. The van der Waals surface area contributed by atoms with Crippen LogP contribution in [-0.4, -0.2) is 11.1 Å². The summed E-state index contributed by atoms with van der Waals surface area (Å²) in [6.45, 7) is 4.64. The molecule has 136 valence electrons. The number of unbranched alkanes of at least 4 members (excludes halogenated alkanes) is 6. The van der Waals surface area contributed by atoms with Crippen molar-refractivity contribution in [2.45, 2.75) is 90.4 Å². The van der Waals surface area contributed by atoms with Crippen molar-refractivity contribution < 1.29 is 9.90 Å². The fourth-order valence-electron chi connectivity index (χ4n) is 3.38. The van der Waals surface area contributed by atoms with E-state index in [1.165, 1.54) is 51.4 Å². The minimum absolute atomic E-state index is 0.343. The first-order valence-corrected chi connectivity index (χ1v) is 9.92. The molecule has 0 radical (unpaired) electrons. The first-order valence-electron chi connectivity index (χ1n) is 9.92. The molecule has 1 aromatic rings. The van der Waals surface area contributed by atoms with Crippen molar-refractivity contribution in [3.63, 3.8) is 0 Å². The van der Waals surface area contributed by atoms with Crippen LogP contribution in [0.2, 0.25) is 0 Å². The van der Waals surface area contributed by atoms with E-state index in [1.54, 1.807) is 0 Å². The van der Waals surface area contributed by atoms with E-state index in [0.717, 1.165) is 30.7 Å². The van der Waals surface area contributed by atoms with Crippen LogP contribution < -0.4 is 0 Å². The van der Waals surface area contributed by atoms with Crippen molar-refractivity contribution >= 4 is 5.97 Å². The maximum atomic E-state index is 11.4. The number of aliphatic carboxylic acids is 1. The van der Waals surface area contributed by atoms with E-state index in [0.29, 0.717) is 0 Å². The average molecular weight is 333 g/mol. The lowest BCUT2D eigenvalue weighted by atomic mass is 9.92. The van der Waals surface area contributed by atoms with Crippen LogP contribution in [0.25, 0.3) is 0 Å². The molecule has 0 aliphatic carbocycles. The van der Waals surface area contributed by atoms with Gasteiger partial charge in [0.2, 0.25) is 0 Å². The van der Waals surface area contributed by atoms with Gasteiger partial charge in [0.1, 0.15) is 0 Å². The Morgan fingerprint density at radius 3 is 2.00 bits per heavy atom. The highest BCUT2D eigenvalue weighted by molar-refractivity contribution is 5.75. The standard InChI is InChI=1S/C22H36O2/c1-3-4-9-14-19(2)15-10-6-5-7-13-18-21(22(23)24)20-16-11-8-12-17-20/h8,11-12,16-17,19,21H,3-7,9-10,13-15,18H2,1-2H3,(H,23,24). The Hall–Kier alpha value is -1.31. The van der Waals surface area contributed by atoms with Crippen LogP contribution in [0, 0.1) is 5.92 Å². The minimum Gasteiger partial charge on any atom is -0.481 e. The molecular weight excluding hydrogens is 296 g/mol. The van der Waals surface area contributed by atoms with Gasteiger partial charge in [-0.25, -0.2) is 0 Å². The number of benzene rings is 1. The minimum atomic E-state index is -0.692. The van der Waals surface area contributed by atoms with Crippen LogP contribution in [0.4, 0.5) is 0 Å². The smallest absolute Gasteiger partial charge is 0.310 e. The molecule has 1 N–H and O–H groups in total. The summed E-state index contributed by atoms with van der Waals surface area (Å²) >= 11 is 0. The largest absolute Gasteiger partial charge is 0.481 e. The summed E-state index contributed by atoms with van der Waals surface area (Å²) in [5.41, 5.74) is 0.936. The van der Waals surface area contributed by atoms with Crippen molar-refractivity contribution in [3.8, 4) is 0 Å². The second-order valence-corrected chi connectivity index (χ2v) is 7.25. The SMILES string of the molecule is CCCCCC(C)CCCCCCCC(C(=O)O)c1ccccc1. The molecule has 2 atom stereocenters. The zero-order valence-corrected chi connectivity index (χ0v) is 15.7. The lowest BCUT2D eigenvalue weighted by Gasteiger charge is -2.13. The molecule has 0 fully saturated rings. The molecule has 0 saturated heterocycles. The molecule has 24 heavy (non-hydrogen) atoms. The van der Waals surface area contributed by atoms with Gasteiger partial charge in [-0.15, -0.1) is 0 Å². The van der Waals surface area contributed by atoms with Crippen LogP contribution in [0.5, 0.6) is 0 Å². The maximum Gasteiger partial charge on any atom is 0.310 e. The molecule has 1 aromatic carbocycles. The quantitative estimate of drug-likeness (QED) is 0.380. The normalized spacial score (nSPS) is 13.6. The molecule has 0 heterocycles. The molecule has 0 aliphatic heterocycles. The monoisotopic (exact) mass is 332 g/mol. The molecule has 0 bridgehead atoms. The number of rotatable bonds is 14. The fraction of sp³-hybridized carbons (Fsp3) is 0.682. The summed E-state index contributed by atoms with van der Waals surface area (Å²) in [6, 6.07) is 9.64. The van der Waals surface area contributed by atoms with E-state index in [9.17, 15) is 9.90 Å². The third-order valence-corrected chi connectivity index (χ3v) is 4.99. The van der Waals surface area contributed by atoms with Gasteiger partial charge in [-0.1, -0.05) is 108 Å². The molecule has 2 heteroatoms. The van der Waals surface area contributed by atoms with Gasteiger partial charge in [0.05, 0.1) is 5.92 Å². The van der Waals surface area contributed by atoms with E-state index in [4.69, 9.17) is 0 Å². The zero-order chi connectivity index (χ0) is 17.6. The summed E-state index contributed by atoms with van der Waals surface area (Å²) in [6.07, 6.45) is 13.6. The van der Waals surface area contributed by atoms with E-state index < -0.39 is 5.97 Å². The number of carbonyl (C=O) groups is 1. The summed E-state index contributed by atoms with van der Waals surface area (Å²) in [5, 5.41) is 9.42. The fourth-order valence-corrected chi connectivity index (χ4v) is 3.38. The Bertz CT molecular complexity index is 427. The third kappa shape index (κ3) is 9.10. The van der Waals surface area contributed by atoms with Crippen molar-refractivity contribution in [3.05, 3.63) is 35.9 Å². The molecule has 1 rings (SSSR count). The van der Waals surface area contributed by atoms with Gasteiger partial charge in [0, 0.05) is 0 Å². The second-order valence-electron chi connectivity index (χ2n) is 7.25.